The maximum atomic E-state index is 13.5. The van der Waals surface area contributed by atoms with Gasteiger partial charge in [0.25, 0.3) is 0 Å². The molecule has 36 heavy (non-hydrogen) atoms. The first-order chi connectivity index (χ1) is 17.1. The Balaban J connectivity index is 1.40. The van der Waals surface area contributed by atoms with Crippen molar-refractivity contribution in [2.24, 2.45) is 0 Å². The molecule has 0 atom stereocenters. The number of nitrogens with zero attached hydrogens (tertiary/aromatic N) is 7. The number of H-pyrrole nitrogens is 1. The number of imidazole rings is 1. The average Bonchev–Trinajstić information content (AvgIpc) is 3.50. The van der Waals surface area contributed by atoms with Gasteiger partial charge in [-0.15, -0.1) is 0 Å². The third-order valence-corrected chi connectivity index (χ3v) is 5.36. The minimum atomic E-state index is -4.67. The highest BCUT2D eigenvalue weighted by molar-refractivity contribution is 5.58. The van der Waals surface area contributed by atoms with E-state index in [2.05, 4.69) is 35.3 Å². The number of nitrogens with one attached hydrogen (secondary N) is 2. The van der Waals surface area contributed by atoms with Gasteiger partial charge >= 0.3 is 12.4 Å². The minimum absolute atomic E-state index is 0.00391. The molecule has 0 bridgehead atoms. The van der Waals surface area contributed by atoms with E-state index >= 15 is 0 Å². The molecule has 4 aromatic heterocycles. The molecule has 0 unspecified atom stereocenters. The van der Waals surface area contributed by atoms with Crippen molar-refractivity contribution in [2.45, 2.75) is 18.9 Å². The summed E-state index contributed by atoms with van der Waals surface area (Å²) in [7, 11) is 0. The van der Waals surface area contributed by atoms with Gasteiger partial charge in [-0.2, -0.15) is 45.9 Å². The summed E-state index contributed by atoms with van der Waals surface area (Å²) in [6.45, 7) is 1.60. The lowest BCUT2D eigenvalue weighted by atomic mass is 10.2. The van der Waals surface area contributed by atoms with Crippen LogP contribution in [0.2, 0.25) is 0 Å². The monoisotopic (exact) mass is 513 g/mol. The molecule has 1 fully saturated rings. The molecule has 0 aliphatic carbocycles. The Labute approximate surface area is 198 Å². The van der Waals surface area contributed by atoms with Crippen LogP contribution in [-0.2, 0) is 23.6 Å². The van der Waals surface area contributed by atoms with Crippen molar-refractivity contribution >= 4 is 17.5 Å². The number of morpholine rings is 1. The van der Waals surface area contributed by atoms with Gasteiger partial charge in [-0.05, 0) is 12.1 Å². The van der Waals surface area contributed by atoms with Crippen molar-refractivity contribution in [2.75, 3.05) is 36.5 Å². The first-order valence-corrected chi connectivity index (χ1v) is 10.6. The normalized spacial score (nSPS) is 15.0. The first kappa shape index (κ1) is 23.8. The van der Waals surface area contributed by atoms with Crippen molar-refractivity contribution in [1.82, 2.24) is 34.5 Å². The Morgan fingerprint density at radius 2 is 1.72 bits per heavy atom. The van der Waals surface area contributed by atoms with E-state index in [1.807, 2.05) is 0 Å². The molecule has 1 aliphatic heterocycles. The molecular formula is C20H17F6N9O. The van der Waals surface area contributed by atoms with Crippen LogP contribution in [-0.4, -0.2) is 60.8 Å². The van der Waals surface area contributed by atoms with E-state index in [0.29, 0.717) is 49.6 Å². The summed E-state index contributed by atoms with van der Waals surface area (Å²) in [6, 6.07) is 2.11. The highest BCUT2D eigenvalue weighted by atomic mass is 19.4. The number of hydrogen-bond donors (Lipinski definition) is 2. The van der Waals surface area contributed by atoms with Gasteiger partial charge in [-0.25, -0.2) is 4.98 Å². The molecule has 10 nitrogen and oxygen atoms in total. The number of ether oxygens (including phenoxy) is 1. The zero-order chi connectivity index (χ0) is 25.5. The number of halogens is 6. The van der Waals surface area contributed by atoms with E-state index in [9.17, 15) is 26.3 Å². The summed E-state index contributed by atoms with van der Waals surface area (Å²) in [5, 5.41) is 6.71. The number of hydrogen-bond acceptors (Lipinski definition) is 8. The van der Waals surface area contributed by atoms with Crippen molar-refractivity contribution in [3.8, 4) is 11.3 Å². The molecule has 5 rings (SSSR count). The largest absolute Gasteiger partial charge is 0.433 e. The van der Waals surface area contributed by atoms with E-state index in [1.165, 1.54) is 12.3 Å². The van der Waals surface area contributed by atoms with Gasteiger partial charge in [-0.1, -0.05) is 0 Å². The van der Waals surface area contributed by atoms with Crippen LogP contribution in [0.5, 0.6) is 0 Å². The smallest absolute Gasteiger partial charge is 0.378 e. The van der Waals surface area contributed by atoms with Gasteiger partial charge in [0.1, 0.15) is 17.1 Å². The molecule has 4 aromatic rings. The van der Waals surface area contributed by atoms with Crippen LogP contribution >= 0.6 is 0 Å². The zero-order valence-corrected chi connectivity index (χ0v) is 18.2. The van der Waals surface area contributed by atoms with E-state index in [-0.39, 0.29) is 18.4 Å². The van der Waals surface area contributed by atoms with Crippen LogP contribution in [0.4, 0.5) is 38.2 Å². The number of aromatic amines is 1. The Bertz CT molecular complexity index is 1360. The molecule has 1 aliphatic rings. The molecule has 16 heteroatoms. The Kier molecular flexibility index (Phi) is 5.89. The van der Waals surface area contributed by atoms with Crippen LogP contribution in [0.15, 0.2) is 30.7 Å². The van der Waals surface area contributed by atoms with Gasteiger partial charge in [0.2, 0.25) is 11.9 Å². The summed E-state index contributed by atoms with van der Waals surface area (Å²) in [5.41, 5.74) is -1.64. The molecule has 2 N–H and O–H groups in total. The number of alkyl halides is 6. The van der Waals surface area contributed by atoms with E-state index in [0.717, 1.165) is 16.8 Å². The lowest BCUT2D eigenvalue weighted by Crippen LogP contribution is -2.37. The van der Waals surface area contributed by atoms with Crippen molar-refractivity contribution < 1.29 is 31.1 Å². The fourth-order valence-electron chi connectivity index (χ4n) is 3.57. The number of anilines is 2. The number of fused-ring (bicyclic) bond motifs is 1. The van der Waals surface area contributed by atoms with Crippen LogP contribution in [0.1, 0.15) is 17.1 Å². The molecule has 0 saturated carbocycles. The Morgan fingerprint density at radius 3 is 2.39 bits per heavy atom. The predicted octanol–water partition coefficient (Wildman–Crippen LogP) is 3.40. The average molecular weight is 513 g/mol. The van der Waals surface area contributed by atoms with Crippen molar-refractivity contribution in [3.63, 3.8) is 0 Å². The Hall–Kier alpha value is -3.95. The lowest BCUT2D eigenvalue weighted by molar-refractivity contribution is -0.141. The van der Waals surface area contributed by atoms with Crippen molar-refractivity contribution in [3.05, 3.63) is 47.8 Å². The van der Waals surface area contributed by atoms with Gasteiger partial charge < -0.3 is 19.9 Å². The van der Waals surface area contributed by atoms with E-state index in [1.54, 1.807) is 4.90 Å². The van der Waals surface area contributed by atoms with Crippen molar-refractivity contribution in [1.29, 1.82) is 0 Å². The quantitative estimate of drug-likeness (QED) is 0.391. The zero-order valence-electron chi connectivity index (χ0n) is 18.2. The first-order valence-electron chi connectivity index (χ1n) is 10.6. The molecule has 1 saturated heterocycles. The highest BCUT2D eigenvalue weighted by Crippen LogP contribution is 2.33. The number of aromatic nitrogens is 7. The summed E-state index contributed by atoms with van der Waals surface area (Å²) in [4.78, 5) is 20.7. The molecule has 0 radical (unpaired) electrons. The fraction of sp³-hybridized carbons (Fsp3) is 0.350. The highest BCUT2D eigenvalue weighted by Gasteiger charge is 2.36. The maximum Gasteiger partial charge on any atom is 0.433 e. The van der Waals surface area contributed by atoms with E-state index < -0.39 is 29.3 Å². The standard InChI is InChI=1S/C20H17F6N9O/c21-19(22,23)12-8-30-35-16(12)32-18(34-3-5-36-6-4-34)33-17(35)29-10-15-28-9-13(31-15)11-1-2-14(27-7-11)20(24,25)26/h1-2,7-9H,3-6,10H2,(H,28,31)(H,29,32,33). The second kappa shape index (κ2) is 8.92. The van der Waals surface area contributed by atoms with Gasteiger partial charge in [0, 0.05) is 24.8 Å². The molecule has 0 spiro atoms. The predicted molar refractivity (Wildman–Crippen MR) is 113 cm³/mol. The molecule has 190 valence electrons. The third-order valence-electron chi connectivity index (χ3n) is 5.36. The summed E-state index contributed by atoms with van der Waals surface area (Å²) >= 11 is 0. The maximum absolute atomic E-state index is 13.5. The van der Waals surface area contributed by atoms with Gasteiger partial charge in [0.05, 0.1) is 37.8 Å². The molecule has 0 aromatic carbocycles. The van der Waals surface area contributed by atoms with Crippen LogP contribution in [0.25, 0.3) is 16.9 Å². The number of rotatable bonds is 5. The molecule has 0 amide bonds. The lowest BCUT2D eigenvalue weighted by Gasteiger charge is -2.27. The van der Waals surface area contributed by atoms with Crippen LogP contribution in [0, 0.1) is 0 Å². The number of pyridine rings is 1. The molecular weight excluding hydrogens is 496 g/mol. The molecule has 5 heterocycles. The second-order valence-electron chi connectivity index (χ2n) is 7.77. The summed E-state index contributed by atoms with van der Waals surface area (Å²) in [6.07, 6.45) is -6.06. The van der Waals surface area contributed by atoms with Crippen LogP contribution < -0.4 is 10.2 Å². The van der Waals surface area contributed by atoms with Gasteiger partial charge in [0.15, 0.2) is 5.65 Å². The minimum Gasteiger partial charge on any atom is -0.378 e. The summed E-state index contributed by atoms with van der Waals surface area (Å²) < 4.78 is 85.0. The Morgan fingerprint density at radius 1 is 0.944 bits per heavy atom. The second-order valence-corrected chi connectivity index (χ2v) is 7.77. The SMILES string of the molecule is FC(F)(F)c1ccc(-c2cnc(CNc3nc(N4CCOCC4)nc4c(C(F)(F)F)cnn34)[nH]2)cn1. The third kappa shape index (κ3) is 4.75. The van der Waals surface area contributed by atoms with E-state index in [4.69, 9.17) is 4.74 Å². The van der Waals surface area contributed by atoms with Gasteiger partial charge in [-0.3, -0.25) is 4.98 Å². The van der Waals surface area contributed by atoms with Crippen LogP contribution in [0.3, 0.4) is 0 Å². The summed E-state index contributed by atoms with van der Waals surface area (Å²) in [5.74, 6) is 0.453. The topological polar surface area (TPSA) is 109 Å². The fourth-order valence-corrected chi connectivity index (χ4v) is 3.57.